The van der Waals surface area contributed by atoms with E-state index in [4.69, 9.17) is 37.4 Å². The van der Waals surface area contributed by atoms with Crippen molar-refractivity contribution in [2.24, 2.45) is 5.10 Å². The number of hydrazone groups is 1. The van der Waals surface area contributed by atoms with Gasteiger partial charge in [0.1, 0.15) is 23.9 Å². The van der Waals surface area contributed by atoms with Crippen LogP contribution in [0.25, 0.3) is 0 Å². The SMILES string of the molecule is O=C(COc1ccc(OCc2ccccc2)cc1)NN=Cc1ccc(OC(=O)c2ccc(Cl)cc2Cl)cc1. The number of carbonyl (C=O) groups is 2. The molecule has 7 nitrogen and oxygen atoms in total. The molecule has 0 unspecified atom stereocenters. The largest absolute Gasteiger partial charge is 0.489 e. The minimum atomic E-state index is -0.602. The van der Waals surface area contributed by atoms with Crippen molar-refractivity contribution < 1.29 is 23.8 Å². The lowest BCUT2D eigenvalue weighted by Crippen LogP contribution is -2.24. The smallest absolute Gasteiger partial charge is 0.345 e. The van der Waals surface area contributed by atoms with Gasteiger partial charge < -0.3 is 14.2 Å². The fourth-order valence-electron chi connectivity index (χ4n) is 3.17. The number of carbonyl (C=O) groups excluding carboxylic acids is 2. The van der Waals surface area contributed by atoms with Crippen LogP contribution < -0.4 is 19.6 Å². The van der Waals surface area contributed by atoms with Crippen LogP contribution in [0, 0.1) is 0 Å². The van der Waals surface area contributed by atoms with Crippen LogP contribution in [0.3, 0.4) is 0 Å². The van der Waals surface area contributed by atoms with E-state index in [1.54, 1.807) is 54.6 Å². The lowest BCUT2D eigenvalue weighted by Gasteiger charge is -2.08. The highest BCUT2D eigenvalue weighted by atomic mass is 35.5. The van der Waals surface area contributed by atoms with Gasteiger partial charge in [-0.1, -0.05) is 53.5 Å². The first kappa shape index (κ1) is 26.7. The van der Waals surface area contributed by atoms with Gasteiger partial charge in [-0.3, -0.25) is 4.79 Å². The lowest BCUT2D eigenvalue weighted by molar-refractivity contribution is -0.123. The predicted molar refractivity (Wildman–Crippen MR) is 146 cm³/mol. The molecule has 0 atom stereocenters. The summed E-state index contributed by atoms with van der Waals surface area (Å²) in [5.74, 6) is 0.531. The van der Waals surface area contributed by atoms with Gasteiger partial charge in [-0.2, -0.15) is 5.10 Å². The number of amides is 1. The van der Waals surface area contributed by atoms with Crippen molar-refractivity contribution in [1.29, 1.82) is 0 Å². The second-order valence-electron chi connectivity index (χ2n) is 7.91. The van der Waals surface area contributed by atoms with Crippen molar-refractivity contribution in [3.8, 4) is 17.2 Å². The molecule has 0 saturated carbocycles. The van der Waals surface area contributed by atoms with Gasteiger partial charge in [0, 0.05) is 5.02 Å². The summed E-state index contributed by atoms with van der Waals surface area (Å²) in [6.45, 7) is 0.261. The Kier molecular flexibility index (Phi) is 9.34. The van der Waals surface area contributed by atoms with Crippen LogP contribution in [0.4, 0.5) is 0 Å². The normalized spacial score (nSPS) is 10.7. The minimum Gasteiger partial charge on any atom is -0.489 e. The van der Waals surface area contributed by atoms with Crippen LogP contribution in [0.5, 0.6) is 17.2 Å². The zero-order chi connectivity index (χ0) is 26.7. The van der Waals surface area contributed by atoms with E-state index in [1.165, 1.54) is 18.3 Å². The van der Waals surface area contributed by atoms with Gasteiger partial charge in [-0.25, -0.2) is 10.2 Å². The molecule has 0 aliphatic heterocycles. The molecular weight excluding hydrogens is 527 g/mol. The Morgan fingerprint density at radius 3 is 2.13 bits per heavy atom. The number of nitrogens with one attached hydrogen (secondary N) is 1. The van der Waals surface area contributed by atoms with E-state index in [0.29, 0.717) is 34.4 Å². The lowest BCUT2D eigenvalue weighted by atomic mass is 10.2. The number of rotatable bonds is 10. The summed E-state index contributed by atoms with van der Waals surface area (Å²) >= 11 is 11.9. The first-order valence-electron chi connectivity index (χ1n) is 11.4. The second kappa shape index (κ2) is 13.3. The van der Waals surface area contributed by atoms with E-state index in [1.807, 2.05) is 30.3 Å². The summed E-state index contributed by atoms with van der Waals surface area (Å²) in [5.41, 5.74) is 4.36. The van der Waals surface area contributed by atoms with Gasteiger partial charge in [0.05, 0.1) is 16.8 Å². The number of benzene rings is 4. The van der Waals surface area contributed by atoms with Gasteiger partial charge in [0.2, 0.25) is 0 Å². The number of esters is 1. The highest BCUT2D eigenvalue weighted by molar-refractivity contribution is 6.36. The van der Waals surface area contributed by atoms with E-state index in [0.717, 1.165) is 5.56 Å². The number of ether oxygens (including phenoxy) is 3. The first-order chi connectivity index (χ1) is 18.5. The molecule has 0 aliphatic carbocycles. The van der Waals surface area contributed by atoms with Crippen LogP contribution in [-0.2, 0) is 11.4 Å². The molecule has 0 saturated heterocycles. The van der Waals surface area contributed by atoms with Crippen molar-refractivity contribution in [1.82, 2.24) is 5.43 Å². The Bertz CT molecular complexity index is 1410. The predicted octanol–water partition coefficient (Wildman–Crippen LogP) is 6.32. The van der Waals surface area contributed by atoms with Crippen molar-refractivity contribution in [2.45, 2.75) is 6.61 Å². The Morgan fingerprint density at radius 2 is 1.45 bits per heavy atom. The Labute approximate surface area is 229 Å². The molecule has 4 rings (SSSR count). The third kappa shape index (κ3) is 8.09. The summed E-state index contributed by atoms with van der Waals surface area (Å²) in [6, 6.07) is 27.9. The van der Waals surface area contributed by atoms with E-state index in [2.05, 4.69) is 10.5 Å². The van der Waals surface area contributed by atoms with Crippen LogP contribution in [0.1, 0.15) is 21.5 Å². The molecule has 0 aliphatic rings. The summed E-state index contributed by atoms with van der Waals surface area (Å²) in [4.78, 5) is 24.3. The fourth-order valence-corrected chi connectivity index (χ4v) is 3.66. The zero-order valence-corrected chi connectivity index (χ0v) is 21.5. The highest BCUT2D eigenvalue weighted by Crippen LogP contribution is 2.23. The molecule has 0 heterocycles. The van der Waals surface area contributed by atoms with Crippen LogP contribution >= 0.6 is 23.2 Å². The molecule has 0 radical (unpaired) electrons. The molecule has 1 amide bonds. The third-order valence-electron chi connectivity index (χ3n) is 5.09. The molecule has 38 heavy (non-hydrogen) atoms. The summed E-state index contributed by atoms with van der Waals surface area (Å²) in [5, 5.41) is 4.55. The van der Waals surface area contributed by atoms with E-state index >= 15 is 0 Å². The maximum absolute atomic E-state index is 12.3. The highest BCUT2D eigenvalue weighted by Gasteiger charge is 2.13. The van der Waals surface area contributed by atoms with Crippen molar-refractivity contribution in [3.63, 3.8) is 0 Å². The molecule has 4 aromatic carbocycles. The Balaban J connectivity index is 1.19. The van der Waals surface area contributed by atoms with E-state index in [-0.39, 0.29) is 17.2 Å². The van der Waals surface area contributed by atoms with E-state index in [9.17, 15) is 9.59 Å². The van der Waals surface area contributed by atoms with Crippen molar-refractivity contribution in [2.75, 3.05) is 6.61 Å². The summed E-state index contributed by atoms with van der Waals surface area (Å²) < 4.78 is 16.5. The molecule has 0 bridgehead atoms. The molecule has 0 spiro atoms. The fraction of sp³-hybridized carbons (Fsp3) is 0.0690. The minimum absolute atomic E-state index is 0.204. The average Bonchev–Trinajstić information content (AvgIpc) is 2.93. The van der Waals surface area contributed by atoms with Gasteiger partial charge in [-0.15, -0.1) is 0 Å². The molecule has 4 aromatic rings. The molecule has 0 aromatic heterocycles. The van der Waals surface area contributed by atoms with Gasteiger partial charge in [-0.05, 0) is 77.9 Å². The third-order valence-corrected chi connectivity index (χ3v) is 5.63. The monoisotopic (exact) mass is 548 g/mol. The summed E-state index contributed by atoms with van der Waals surface area (Å²) in [6.07, 6.45) is 1.46. The number of hydrogen-bond donors (Lipinski definition) is 1. The Morgan fingerprint density at radius 1 is 0.789 bits per heavy atom. The summed E-state index contributed by atoms with van der Waals surface area (Å²) in [7, 11) is 0. The van der Waals surface area contributed by atoms with Gasteiger partial charge in [0.25, 0.3) is 5.91 Å². The molecule has 9 heteroatoms. The number of nitrogens with zero attached hydrogens (tertiary/aromatic N) is 1. The molecule has 1 N–H and O–H groups in total. The molecular formula is C29H22Cl2N2O5. The van der Waals surface area contributed by atoms with Gasteiger partial charge in [0.15, 0.2) is 6.61 Å². The van der Waals surface area contributed by atoms with E-state index < -0.39 is 11.9 Å². The topological polar surface area (TPSA) is 86.2 Å². The molecule has 0 fully saturated rings. The van der Waals surface area contributed by atoms with Crippen molar-refractivity contribution in [3.05, 3.63) is 124 Å². The van der Waals surface area contributed by atoms with Crippen molar-refractivity contribution >= 4 is 41.3 Å². The quantitative estimate of drug-likeness (QED) is 0.108. The number of hydrogen-bond acceptors (Lipinski definition) is 6. The maximum atomic E-state index is 12.3. The average molecular weight is 549 g/mol. The zero-order valence-electron chi connectivity index (χ0n) is 20.0. The van der Waals surface area contributed by atoms with Gasteiger partial charge >= 0.3 is 5.97 Å². The molecule has 192 valence electrons. The second-order valence-corrected chi connectivity index (χ2v) is 8.75. The standard InChI is InChI=1S/C29H22Cl2N2O5/c30-22-8-15-26(27(31)16-22)29(35)38-25-9-6-20(7-10-25)17-32-33-28(34)19-37-24-13-11-23(12-14-24)36-18-21-4-2-1-3-5-21/h1-17H,18-19H2,(H,33,34). The Hall–Kier alpha value is -4.33. The first-order valence-corrected chi connectivity index (χ1v) is 12.2. The number of halogens is 2. The van der Waals surface area contributed by atoms with Crippen LogP contribution in [-0.4, -0.2) is 24.7 Å². The maximum Gasteiger partial charge on any atom is 0.345 e. The van der Waals surface area contributed by atoms with Crippen LogP contribution in [0.15, 0.2) is 102 Å². The van der Waals surface area contributed by atoms with Crippen LogP contribution in [0.2, 0.25) is 10.0 Å².